The van der Waals surface area contributed by atoms with Crippen LogP contribution in [0, 0.1) is 0 Å². The Kier molecular flexibility index (Phi) is 12.0. The summed E-state index contributed by atoms with van der Waals surface area (Å²) in [6.07, 6.45) is 22.2. The van der Waals surface area contributed by atoms with Crippen molar-refractivity contribution in [3.63, 3.8) is 0 Å². The van der Waals surface area contributed by atoms with Crippen LogP contribution >= 0.6 is 0 Å². The third-order valence-electron chi connectivity index (χ3n) is 4.85. The monoisotopic (exact) mass is 321 g/mol. The van der Waals surface area contributed by atoms with Gasteiger partial charge in [0.15, 0.2) is 0 Å². The van der Waals surface area contributed by atoms with E-state index >= 15 is 0 Å². The van der Waals surface area contributed by atoms with Gasteiger partial charge in [0.2, 0.25) is 0 Å². The van der Waals surface area contributed by atoms with Gasteiger partial charge in [-0.05, 0) is 32.1 Å². The molecule has 0 saturated carbocycles. The van der Waals surface area contributed by atoms with Crippen LogP contribution in [0.25, 0.3) is 0 Å². The number of aromatic nitrogens is 2. The topological polar surface area (TPSA) is 8.81 Å². The fourth-order valence-corrected chi connectivity index (χ4v) is 3.32. The molecule has 0 atom stereocenters. The molecule has 1 aromatic rings. The van der Waals surface area contributed by atoms with E-state index < -0.39 is 0 Å². The lowest BCUT2D eigenvalue weighted by Gasteiger charge is -2.06. The van der Waals surface area contributed by atoms with Crippen LogP contribution in [0.4, 0.5) is 0 Å². The highest BCUT2D eigenvalue weighted by atomic mass is 15.1. The number of aryl methyl sites for hydroxylation is 2. The van der Waals surface area contributed by atoms with Crippen LogP contribution in [0.3, 0.4) is 0 Å². The minimum absolute atomic E-state index is 1.21. The summed E-state index contributed by atoms with van der Waals surface area (Å²) < 4.78 is 5.08. The van der Waals surface area contributed by atoms with E-state index in [-0.39, 0.29) is 0 Å². The quantitative estimate of drug-likeness (QED) is 0.274. The first-order chi connectivity index (χ1) is 11.3. The number of nitrogens with zero attached hydrogens (tertiary/aromatic N) is 2. The summed E-state index contributed by atoms with van der Waals surface area (Å²) in [5.41, 5.74) is 0. The van der Waals surface area contributed by atoms with Crippen molar-refractivity contribution in [2.24, 2.45) is 0 Å². The summed E-state index contributed by atoms with van der Waals surface area (Å²) in [4.78, 5) is 0. The number of hydrogen-bond donors (Lipinski definition) is 0. The minimum atomic E-state index is 1.21. The number of unbranched alkanes of at least 4 members (excludes halogenated alkanes) is 9. The van der Waals surface area contributed by atoms with Gasteiger partial charge in [-0.15, -0.1) is 0 Å². The van der Waals surface area contributed by atoms with Gasteiger partial charge in [-0.1, -0.05) is 65.7 Å². The molecular formula is C21H41N2+. The lowest BCUT2D eigenvalue weighted by atomic mass is 10.1. The fraction of sp³-hybridized carbons (Fsp3) is 0.857. The number of hydrogen-bond acceptors (Lipinski definition) is 0. The smallest absolute Gasteiger partial charge is 0.234 e. The van der Waals surface area contributed by atoms with Gasteiger partial charge in [0, 0.05) is 6.42 Å². The molecule has 0 aliphatic rings. The lowest BCUT2D eigenvalue weighted by Crippen LogP contribution is -2.37. The Bertz CT molecular complexity index is 381. The first-order valence-corrected chi connectivity index (χ1v) is 10.4. The van der Waals surface area contributed by atoms with Gasteiger partial charge in [0.25, 0.3) is 5.82 Å². The highest BCUT2D eigenvalue weighted by Crippen LogP contribution is 2.09. The van der Waals surface area contributed by atoms with Crippen molar-refractivity contribution in [3.8, 4) is 0 Å². The Morgan fingerprint density at radius 2 is 1.35 bits per heavy atom. The maximum absolute atomic E-state index is 2.55. The standard InChI is InChI=1S/C21H41N2/c1-4-7-10-12-15-18-23-20-19-22(17-14-9-6-3)21(23)16-13-11-8-5-2/h19-20H,4-18H2,1-3H3/q+1. The van der Waals surface area contributed by atoms with Crippen LogP contribution in [0.2, 0.25) is 0 Å². The van der Waals surface area contributed by atoms with Gasteiger partial charge >= 0.3 is 0 Å². The maximum atomic E-state index is 2.55. The largest absolute Gasteiger partial charge is 0.256 e. The molecule has 1 aromatic heterocycles. The molecule has 0 aliphatic heterocycles. The molecule has 0 aliphatic carbocycles. The summed E-state index contributed by atoms with van der Waals surface area (Å²) in [6.45, 7) is 9.30. The van der Waals surface area contributed by atoms with Crippen molar-refractivity contribution >= 4 is 0 Å². The van der Waals surface area contributed by atoms with E-state index in [0.29, 0.717) is 0 Å². The van der Waals surface area contributed by atoms with Crippen molar-refractivity contribution in [1.29, 1.82) is 0 Å². The van der Waals surface area contributed by atoms with Crippen LogP contribution < -0.4 is 4.57 Å². The van der Waals surface area contributed by atoms with Crippen LogP contribution in [-0.4, -0.2) is 4.57 Å². The third kappa shape index (κ3) is 8.58. The Balaban J connectivity index is 2.51. The Morgan fingerprint density at radius 3 is 2.04 bits per heavy atom. The molecule has 134 valence electrons. The molecule has 1 rings (SSSR count). The second-order valence-corrected chi connectivity index (χ2v) is 7.03. The first-order valence-electron chi connectivity index (χ1n) is 10.4. The Labute approximate surface area is 145 Å². The molecule has 23 heavy (non-hydrogen) atoms. The summed E-state index contributed by atoms with van der Waals surface area (Å²) >= 11 is 0. The summed E-state index contributed by atoms with van der Waals surface area (Å²) in [5, 5.41) is 0. The van der Waals surface area contributed by atoms with Gasteiger partial charge in [0.05, 0.1) is 13.1 Å². The average Bonchev–Trinajstić information content (AvgIpc) is 2.94. The molecular weight excluding hydrogens is 280 g/mol. The van der Waals surface area contributed by atoms with Crippen LogP contribution in [0.5, 0.6) is 0 Å². The zero-order chi connectivity index (χ0) is 16.8. The summed E-state index contributed by atoms with van der Waals surface area (Å²) in [7, 11) is 0. The predicted octanol–water partition coefficient (Wildman–Crippen LogP) is 6.06. The third-order valence-corrected chi connectivity index (χ3v) is 4.85. The minimum Gasteiger partial charge on any atom is -0.234 e. The molecule has 2 heteroatoms. The number of imidazole rings is 1. The van der Waals surface area contributed by atoms with Crippen molar-refractivity contribution < 1.29 is 4.57 Å². The summed E-state index contributed by atoms with van der Waals surface area (Å²) in [6, 6.07) is 0. The highest BCUT2D eigenvalue weighted by molar-refractivity contribution is 4.84. The number of rotatable bonds is 15. The second kappa shape index (κ2) is 13.6. The molecule has 0 N–H and O–H groups in total. The molecule has 1 heterocycles. The summed E-state index contributed by atoms with van der Waals surface area (Å²) in [5.74, 6) is 1.58. The van der Waals surface area contributed by atoms with Gasteiger partial charge < -0.3 is 0 Å². The molecule has 0 unspecified atom stereocenters. The second-order valence-electron chi connectivity index (χ2n) is 7.03. The Hall–Kier alpha value is -0.790. The SMILES string of the molecule is CCCCCCCn1cc[n+](CCCCC)c1CCCCCC. The van der Waals surface area contributed by atoms with Gasteiger partial charge in [-0.3, -0.25) is 0 Å². The van der Waals surface area contributed by atoms with E-state index in [9.17, 15) is 0 Å². The van der Waals surface area contributed by atoms with Crippen LogP contribution in [-0.2, 0) is 19.5 Å². The van der Waals surface area contributed by atoms with Crippen molar-refractivity contribution in [1.82, 2.24) is 4.57 Å². The maximum Gasteiger partial charge on any atom is 0.256 e. The predicted molar refractivity (Wildman–Crippen MR) is 101 cm³/mol. The van der Waals surface area contributed by atoms with E-state index in [4.69, 9.17) is 0 Å². The van der Waals surface area contributed by atoms with E-state index in [1.807, 2.05) is 0 Å². The normalized spacial score (nSPS) is 11.3. The fourth-order valence-electron chi connectivity index (χ4n) is 3.32. The average molecular weight is 322 g/mol. The van der Waals surface area contributed by atoms with Gasteiger partial charge in [0.1, 0.15) is 12.4 Å². The van der Waals surface area contributed by atoms with E-state index in [0.717, 1.165) is 0 Å². The first kappa shape index (κ1) is 20.3. The van der Waals surface area contributed by atoms with E-state index in [1.165, 1.54) is 96.6 Å². The Morgan fingerprint density at radius 1 is 0.739 bits per heavy atom. The van der Waals surface area contributed by atoms with Crippen molar-refractivity contribution in [3.05, 3.63) is 18.2 Å². The highest BCUT2D eigenvalue weighted by Gasteiger charge is 2.16. The molecule has 0 bridgehead atoms. The van der Waals surface area contributed by atoms with Crippen LogP contribution in [0.15, 0.2) is 12.4 Å². The molecule has 0 saturated heterocycles. The van der Waals surface area contributed by atoms with Crippen LogP contribution in [0.1, 0.15) is 104 Å². The molecule has 2 nitrogen and oxygen atoms in total. The molecule has 0 spiro atoms. The molecule has 0 amide bonds. The zero-order valence-corrected chi connectivity index (χ0v) is 16.2. The van der Waals surface area contributed by atoms with E-state index in [1.54, 1.807) is 5.82 Å². The lowest BCUT2D eigenvalue weighted by molar-refractivity contribution is -0.704. The molecule has 0 aromatic carbocycles. The van der Waals surface area contributed by atoms with Gasteiger partial charge in [-0.2, -0.15) is 0 Å². The molecule has 0 radical (unpaired) electrons. The zero-order valence-electron chi connectivity index (χ0n) is 16.2. The molecule has 0 fully saturated rings. The van der Waals surface area contributed by atoms with E-state index in [2.05, 4.69) is 42.3 Å². The van der Waals surface area contributed by atoms with Crippen molar-refractivity contribution in [2.75, 3.05) is 0 Å². The van der Waals surface area contributed by atoms with Crippen molar-refractivity contribution in [2.45, 2.75) is 117 Å². The van der Waals surface area contributed by atoms with Gasteiger partial charge in [-0.25, -0.2) is 9.13 Å².